The molecule has 0 spiro atoms. The zero-order valence-corrected chi connectivity index (χ0v) is 17.1. The maximum Gasteiger partial charge on any atom is 0.200 e. The van der Waals surface area contributed by atoms with E-state index in [4.69, 9.17) is 28.0 Å². The lowest BCUT2D eigenvalue weighted by molar-refractivity contribution is -0.0267. The summed E-state index contributed by atoms with van der Waals surface area (Å²) in [4.78, 5) is 9.09. The van der Waals surface area contributed by atoms with Gasteiger partial charge in [-0.25, -0.2) is 4.99 Å². The second-order valence-electron chi connectivity index (χ2n) is 7.26. The van der Waals surface area contributed by atoms with Gasteiger partial charge in [0.1, 0.15) is 13.2 Å². The van der Waals surface area contributed by atoms with Crippen molar-refractivity contribution in [3.8, 4) is 0 Å². The molecule has 0 amide bonds. The van der Waals surface area contributed by atoms with Gasteiger partial charge in [0.25, 0.3) is 0 Å². The quantitative estimate of drug-likeness (QED) is 0.640. The van der Waals surface area contributed by atoms with Crippen molar-refractivity contribution in [2.75, 3.05) is 7.11 Å². The lowest BCUT2D eigenvalue weighted by Crippen LogP contribution is -2.32. The number of hydrogen-bond acceptors (Lipinski definition) is 5. The lowest BCUT2D eigenvalue weighted by Gasteiger charge is -2.22. The van der Waals surface area contributed by atoms with Gasteiger partial charge in [-0.1, -0.05) is 34.4 Å². The van der Waals surface area contributed by atoms with E-state index in [1.54, 1.807) is 24.4 Å². The Labute approximate surface area is 177 Å². The molecule has 154 valence electrons. The van der Waals surface area contributed by atoms with Crippen LogP contribution in [0, 0.1) is 5.92 Å². The van der Waals surface area contributed by atoms with Gasteiger partial charge >= 0.3 is 0 Å². The van der Waals surface area contributed by atoms with Crippen molar-refractivity contribution in [3.63, 3.8) is 0 Å². The highest BCUT2D eigenvalue weighted by Crippen LogP contribution is 2.43. The molecule has 2 heterocycles. The Bertz CT molecular complexity index is 975. The highest BCUT2D eigenvalue weighted by atomic mass is 35.5. The summed E-state index contributed by atoms with van der Waals surface area (Å²) in [6.07, 6.45) is 1.43. The monoisotopic (exact) mass is 437 g/mol. The summed E-state index contributed by atoms with van der Waals surface area (Å²) in [5.74, 6) is -0.0948. The van der Waals surface area contributed by atoms with Crippen LogP contribution in [0.25, 0.3) is 0 Å². The fourth-order valence-electron chi connectivity index (χ4n) is 4.23. The predicted molar refractivity (Wildman–Crippen MR) is 111 cm³/mol. The molecular formula is C20H21Cl2N3O4. The average molecular weight is 438 g/mol. The number of benzene rings is 1. The highest BCUT2D eigenvalue weighted by molar-refractivity contribution is 6.42. The molecule has 7 nitrogen and oxygen atoms in total. The molecule has 1 fully saturated rings. The predicted octanol–water partition coefficient (Wildman–Crippen LogP) is 2.75. The summed E-state index contributed by atoms with van der Waals surface area (Å²) in [5, 5.41) is 36.9. The van der Waals surface area contributed by atoms with Crippen LogP contribution in [0.1, 0.15) is 35.4 Å². The number of fused-ring (bicyclic) bond motifs is 1. The van der Waals surface area contributed by atoms with E-state index in [0.29, 0.717) is 34.3 Å². The van der Waals surface area contributed by atoms with Crippen molar-refractivity contribution < 1.29 is 20.2 Å². The van der Waals surface area contributed by atoms with Crippen molar-refractivity contribution >= 4 is 35.3 Å². The molecule has 2 aromatic rings. The Hall–Kier alpha value is -1.90. The van der Waals surface area contributed by atoms with Crippen molar-refractivity contribution in [3.05, 3.63) is 57.3 Å². The number of amidine groups is 1. The Morgan fingerprint density at radius 2 is 2.00 bits per heavy atom. The molecule has 0 radical (unpaired) electrons. The fraction of sp³-hybridized carbons (Fsp3) is 0.400. The van der Waals surface area contributed by atoms with Crippen molar-refractivity contribution in [2.45, 2.75) is 37.2 Å². The maximum atomic E-state index is 10.9. The Balaban J connectivity index is 1.62. The van der Waals surface area contributed by atoms with E-state index in [0.717, 1.165) is 11.3 Å². The van der Waals surface area contributed by atoms with Gasteiger partial charge in [0.05, 0.1) is 28.3 Å². The maximum absolute atomic E-state index is 10.9. The smallest absolute Gasteiger partial charge is 0.200 e. The van der Waals surface area contributed by atoms with E-state index >= 15 is 0 Å². The van der Waals surface area contributed by atoms with Gasteiger partial charge in [0.2, 0.25) is 0 Å². The van der Waals surface area contributed by atoms with Crippen molar-refractivity contribution in [1.82, 2.24) is 4.57 Å². The summed E-state index contributed by atoms with van der Waals surface area (Å²) < 4.78 is 1.93. The third kappa shape index (κ3) is 3.58. The van der Waals surface area contributed by atoms with Gasteiger partial charge in [-0.2, -0.15) is 0 Å². The van der Waals surface area contributed by atoms with E-state index in [1.165, 1.54) is 7.11 Å². The number of hydrogen-bond donors (Lipinski definition) is 3. The summed E-state index contributed by atoms with van der Waals surface area (Å²) in [6.45, 7) is 0. The highest BCUT2D eigenvalue weighted by Gasteiger charge is 2.46. The number of nitrogens with zero attached hydrogens (tertiary/aromatic N) is 3. The molecule has 1 aromatic carbocycles. The minimum absolute atomic E-state index is 0.330. The van der Waals surface area contributed by atoms with Crippen LogP contribution >= 0.6 is 23.2 Å². The van der Waals surface area contributed by atoms with Crippen molar-refractivity contribution in [2.24, 2.45) is 16.1 Å². The first-order valence-electron chi connectivity index (χ1n) is 9.25. The summed E-state index contributed by atoms with van der Waals surface area (Å²) in [6, 6.07) is 6.34. The second-order valence-corrected chi connectivity index (χ2v) is 8.08. The first-order chi connectivity index (χ1) is 13.9. The number of aliphatic hydroxyl groups excluding tert-OH is 3. The van der Waals surface area contributed by atoms with Crippen LogP contribution in [0.2, 0.25) is 10.0 Å². The summed E-state index contributed by atoms with van der Waals surface area (Å²) in [7, 11) is 1.46. The first-order valence-corrected chi connectivity index (χ1v) is 10.0. The van der Waals surface area contributed by atoms with Gasteiger partial charge in [0, 0.05) is 36.0 Å². The van der Waals surface area contributed by atoms with E-state index in [1.807, 2.05) is 16.8 Å². The fourth-order valence-corrected chi connectivity index (χ4v) is 4.54. The molecule has 5 atom stereocenters. The molecule has 2 aliphatic rings. The first kappa shape index (κ1) is 20.4. The standard InChI is InChI=1S/C20H21Cl2N3O4/c1-29-24-20-11-5-7-25(15(11)4-6-23-20)16-9-12(18(27)19(16)28)17(26)10-2-3-13(21)14(22)8-10/h2-3,5-8,12,16-19,26-28H,4,9H2,1H3/b24-20-/t12-,16-,17-,18-,19+/m1/s1. The number of rotatable bonds is 4. The molecule has 1 aliphatic heterocycles. The number of halogens is 2. The van der Waals surface area contributed by atoms with E-state index in [-0.39, 0.29) is 0 Å². The number of aliphatic imine (C=N–C) groups is 1. The zero-order valence-electron chi connectivity index (χ0n) is 15.6. The Morgan fingerprint density at radius 3 is 2.72 bits per heavy atom. The molecule has 1 saturated carbocycles. The lowest BCUT2D eigenvalue weighted by atomic mass is 9.92. The van der Waals surface area contributed by atoms with Crippen LogP contribution in [0.3, 0.4) is 0 Å². The van der Waals surface area contributed by atoms with Crippen LogP contribution in [0.4, 0.5) is 0 Å². The molecule has 9 heteroatoms. The van der Waals surface area contributed by atoms with Gasteiger partial charge in [0.15, 0.2) is 5.84 Å². The second kappa shape index (κ2) is 8.08. The average Bonchev–Trinajstić information content (AvgIpc) is 3.26. The largest absolute Gasteiger partial charge is 0.397 e. The molecule has 3 N–H and O–H groups in total. The Morgan fingerprint density at radius 1 is 1.21 bits per heavy atom. The molecule has 1 aliphatic carbocycles. The van der Waals surface area contributed by atoms with E-state index in [2.05, 4.69) is 10.1 Å². The third-order valence-electron chi connectivity index (χ3n) is 5.69. The zero-order chi connectivity index (χ0) is 20.7. The van der Waals surface area contributed by atoms with E-state index in [9.17, 15) is 15.3 Å². The van der Waals surface area contributed by atoms with Gasteiger partial charge in [-0.3, -0.25) is 0 Å². The van der Waals surface area contributed by atoms with E-state index < -0.39 is 30.3 Å². The normalized spacial score (nSPS) is 28.6. The minimum Gasteiger partial charge on any atom is -0.397 e. The number of oxime groups is 1. The van der Waals surface area contributed by atoms with Crippen molar-refractivity contribution in [1.29, 1.82) is 0 Å². The molecule has 0 bridgehead atoms. The molecular weight excluding hydrogens is 417 g/mol. The molecule has 4 rings (SSSR count). The van der Waals surface area contributed by atoms with Crippen LogP contribution in [0.5, 0.6) is 0 Å². The van der Waals surface area contributed by atoms with Crippen LogP contribution in [-0.2, 0) is 11.3 Å². The Kier molecular flexibility index (Phi) is 5.68. The molecule has 0 saturated heterocycles. The third-order valence-corrected chi connectivity index (χ3v) is 6.42. The van der Waals surface area contributed by atoms with Gasteiger partial charge in [-0.05, 0) is 30.2 Å². The molecule has 0 unspecified atom stereocenters. The summed E-state index contributed by atoms with van der Waals surface area (Å²) >= 11 is 12.0. The number of aliphatic hydroxyl groups is 3. The molecule has 29 heavy (non-hydrogen) atoms. The molecule has 1 aromatic heterocycles. The summed E-state index contributed by atoms with van der Waals surface area (Å²) in [5.41, 5.74) is 2.30. The minimum atomic E-state index is -1.09. The van der Waals surface area contributed by atoms with Gasteiger partial charge in [-0.15, -0.1) is 0 Å². The van der Waals surface area contributed by atoms with Crippen LogP contribution < -0.4 is 0 Å². The SMILES string of the molecule is CO/N=C1\N=CCc2c1ccn2[C@@H]1C[C@H]([C@H](O)c2ccc(Cl)c(Cl)c2)[C@@H](O)[C@H]1O. The van der Waals surface area contributed by atoms with Gasteiger partial charge < -0.3 is 24.7 Å². The number of aromatic nitrogens is 1. The topological polar surface area (TPSA) is 99.6 Å². The van der Waals surface area contributed by atoms with Crippen LogP contribution in [-0.4, -0.2) is 51.3 Å². The van der Waals surface area contributed by atoms with Crippen LogP contribution in [0.15, 0.2) is 40.6 Å².